The highest BCUT2D eigenvalue weighted by Gasteiger charge is 2.15. The third-order valence-electron chi connectivity index (χ3n) is 2.51. The third-order valence-corrected chi connectivity index (χ3v) is 2.51. The van der Waals surface area contributed by atoms with E-state index in [2.05, 4.69) is 0 Å². The Kier molecular flexibility index (Phi) is 4.31. The van der Waals surface area contributed by atoms with Crippen LogP contribution in [0.1, 0.15) is 12.5 Å². The number of hydrogen-bond donors (Lipinski definition) is 2. The van der Waals surface area contributed by atoms with Crippen molar-refractivity contribution in [1.82, 2.24) is 4.90 Å². The molecule has 0 fully saturated rings. The normalized spacial score (nSPS) is 12.2. The second kappa shape index (κ2) is 5.51. The van der Waals surface area contributed by atoms with Gasteiger partial charge in [-0.25, -0.2) is 0 Å². The lowest BCUT2D eigenvalue weighted by atomic mass is 10.1. The molecule has 16 heavy (non-hydrogen) atoms. The first kappa shape index (κ1) is 12.5. The predicted molar refractivity (Wildman–Crippen MR) is 62.8 cm³/mol. The van der Waals surface area contributed by atoms with Crippen LogP contribution in [0.3, 0.4) is 0 Å². The Balaban J connectivity index is 2.60. The molecule has 3 N–H and O–H groups in total. The highest BCUT2D eigenvalue weighted by atomic mass is 16.3. The number of nitrogens with zero attached hydrogens (tertiary/aromatic N) is 1. The van der Waals surface area contributed by atoms with Crippen LogP contribution in [0.4, 0.5) is 0 Å². The van der Waals surface area contributed by atoms with E-state index in [4.69, 9.17) is 10.8 Å². The van der Waals surface area contributed by atoms with E-state index < -0.39 is 0 Å². The van der Waals surface area contributed by atoms with Gasteiger partial charge in [0.25, 0.3) is 0 Å². The fourth-order valence-electron chi connectivity index (χ4n) is 1.43. The molecule has 1 aromatic rings. The molecule has 1 amide bonds. The molecule has 0 heterocycles. The summed E-state index contributed by atoms with van der Waals surface area (Å²) in [6.45, 7) is 2.71. The first-order valence-corrected chi connectivity index (χ1v) is 5.27. The Morgan fingerprint density at radius 2 is 2.00 bits per heavy atom. The molecular weight excluding hydrogens is 204 g/mol. The molecule has 4 heteroatoms. The molecule has 0 aromatic heterocycles. The zero-order chi connectivity index (χ0) is 12.1. The van der Waals surface area contributed by atoms with Gasteiger partial charge in [0.15, 0.2) is 0 Å². The number of carbonyl (C=O) groups is 1. The van der Waals surface area contributed by atoms with E-state index in [1.165, 1.54) is 0 Å². The molecule has 0 spiro atoms. The van der Waals surface area contributed by atoms with E-state index in [0.717, 1.165) is 5.56 Å². The molecule has 1 atom stereocenters. The standard InChI is InChI=1S/C12H18N2O2/c1-9(7-13)12(16)14(2)8-10-3-5-11(15)6-4-10/h3-6,9,15H,7-8,13H2,1-2H3. The van der Waals surface area contributed by atoms with Gasteiger partial charge in [-0.2, -0.15) is 0 Å². The maximum atomic E-state index is 11.7. The van der Waals surface area contributed by atoms with Gasteiger partial charge in [0.05, 0.1) is 0 Å². The Hall–Kier alpha value is -1.55. The number of amides is 1. The molecule has 0 aliphatic heterocycles. The number of hydrogen-bond acceptors (Lipinski definition) is 3. The minimum Gasteiger partial charge on any atom is -0.508 e. The van der Waals surface area contributed by atoms with Gasteiger partial charge >= 0.3 is 0 Å². The lowest BCUT2D eigenvalue weighted by molar-refractivity contribution is -0.133. The molecule has 0 aliphatic rings. The third kappa shape index (κ3) is 3.24. The highest BCUT2D eigenvalue weighted by Crippen LogP contribution is 2.12. The quantitative estimate of drug-likeness (QED) is 0.797. The number of carbonyl (C=O) groups excluding carboxylic acids is 1. The average Bonchev–Trinajstić information content (AvgIpc) is 2.30. The number of aromatic hydroxyl groups is 1. The summed E-state index contributed by atoms with van der Waals surface area (Å²) in [4.78, 5) is 13.4. The SMILES string of the molecule is CC(CN)C(=O)N(C)Cc1ccc(O)cc1. The van der Waals surface area contributed by atoms with Gasteiger partial charge in [-0.05, 0) is 17.7 Å². The van der Waals surface area contributed by atoms with Gasteiger partial charge in [0.2, 0.25) is 5.91 Å². The Bertz CT molecular complexity index is 349. The number of nitrogens with two attached hydrogens (primary N) is 1. The van der Waals surface area contributed by atoms with Crippen LogP contribution >= 0.6 is 0 Å². The second-order valence-electron chi connectivity index (χ2n) is 4.00. The van der Waals surface area contributed by atoms with Crippen LogP contribution in [-0.4, -0.2) is 29.5 Å². The smallest absolute Gasteiger partial charge is 0.226 e. The van der Waals surface area contributed by atoms with Gasteiger partial charge < -0.3 is 15.7 Å². The van der Waals surface area contributed by atoms with E-state index in [-0.39, 0.29) is 17.6 Å². The first-order valence-electron chi connectivity index (χ1n) is 5.27. The van der Waals surface area contributed by atoms with Gasteiger partial charge in [-0.15, -0.1) is 0 Å². The van der Waals surface area contributed by atoms with Crippen molar-refractivity contribution in [1.29, 1.82) is 0 Å². The van der Waals surface area contributed by atoms with E-state index >= 15 is 0 Å². The summed E-state index contributed by atoms with van der Waals surface area (Å²) < 4.78 is 0. The molecule has 0 radical (unpaired) electrons. The van der Waals surface area contributed by atoms with Crippen LogP contribution < -0.4 is 5.73 Å². The number of phenols is 1. The fourth-order valence-corrected chi connectivity index (χ4v) is 1.43. The summed E-state index contributed by atoms with van der Waals surface area (Å²) in [6.07, 6.45) is 0. The maximum Gasteiger partial charge on any atom is 0.226 e. The zero-order valence-electron chi connectivity index (χ0n) is 9.68. The van der Waals surface area contributed by atoms with Crippen molar-refractivity contribution in [3.8, 4) is 5.75 Å². The number of phenolic OH excluding ortho intramolecular Hbond substituents is 1. The zero-order valence-corrected chi connectivity index (χ0v) is 9.68. The van der Waals surface area contributed by atoms with Crippen molar-refractivity contribution >= 4 is 5.91 Å². The number of rotatable bonds is 4. The van der Waals surface area contributed by atoms with Crippen molar-refractivity contribution in [2.75, 3.05) is 13.6 Å². The minimum absolute atomic E-state index is 0.0376. The average molecular weight is 222 g/mol. The molecule has 1 rings (SSSR count). The van der Waals surface area contributed by atoms with Gasteiger partial charge in [-0.3, -0.25) is 4.79 Å². The van der Waals surface area contributed by atoms with Crippen molar-refractivity contribution in [2.45, 2.75) is 13.5 Å². The highest BCUT2D eigenvalue weighted by molar-refractivity contribution is 5.78. The Morgan fingerprint density at radius 1 is 1.44 bits per heavy atom. The molecule has 88 valence electrons. The molecular formula is C12H18N2O2. The topological polar surface area (TPSA) is 66.6 Å². The van der Waals surface area contributed by atoms with Gasteiger partial charge in [-0.1, -0.05) is 19.1 Å². The summed E-state index contributed by atoms with van der Waals surface area (Å²) in [6, 6.07) is 6.82. The summed E-state index contributed by atoms with van der Waals surface area (Å²) in [7, 11) is 1.75. The van der Waals surface area contributed by atoms with Crippen molar-refractivity contribution in [2.24, 2.45) is 11.7 Å². The van der Waals surface area contributed by atoms with E-state index in [0.29, 0.717) is 13.1 Å². The number of benzene rings is 1. The van der Waals surface area contributed by atoms with Crippen LogP contribution in [0.15, 0.2) is 24.3 Å². The van der Waals surface area contributed by atoms with Crippen LogP contribution in [0, 0.1) is 5.92 Å². The largest absolute Gasteiger partial charge is 0.508 e. The first-order chi connectivity index (χ1) is 7.54. The van der Waals surface area contributed by atoms with Gasteiger partial charge in [0, 0.05) is 26.1 Å². The fraction of sp³-hybridized carbons (Fsp3) is 0.417. The lowest BCUT2D eigenvalue weighted by Gasteiger charge is -2.20. The van der Waals surface area contributed by atoms with Crippen molar-refractivity contribution in [3.05, 3.63) is 29.8 Å². The lowest BCUT2D eigenvalue weighted by Crippen LogP contribution is -2.34. The summed E-state index contributed by atoms with van der Waals surface area (Å²) in [5.74, 6) is 0.116. The van der Waals surface area contributed by atoms with E-state index in [9.17, 15) is 4.79 Å². The Morgan fingerprint density at radius 3 is 2.50 bits per heavy atom. The van der Waals surface area contributed by atoms with E-state index in [1.54, 1.807) is 36.2 Å². The molecule has 4 nitrogen and oxygen atoms in total. The molecule has 0 saturated heterocycles. The minimum atomic E-state index is -0.151. The molecule has 1 unspecified atom stereocenters. The summed E-state index contributed by atoms with van der Waals surface area (Å²) in [5.41, 5.74) is 6.43. The van der Waals surface area contributed by atoms with Crippen LogP contribution in [0.2, 0.25) is 0 Å². The van der Waals surface area contributed by atoms with Crippen molar-refractivity contribution in [3.63, 3.8) is 0 Å². The van der Waals surface area contributed by atoms with E-state index in [1.807, 2.05) is 6.92 Å². The molecule has 0 aliphatic carbocycles. The van der Waals surface area contributed by atoms with Crippen LogP contribution in [0.5, 0.6) is 5.75 Å². The van der Waals surface area contributed by atoms with Crippen molar-refractivity contribution < 1.29 is 9.90 Å². The molecule has 0 bridgehead atoms. The van der Waals surface area contributed by atoms with Crippen LogP contribution in [0.25, 0.3) is 0 Å². The van der Waals surface area contributed by atoms with Gasteiger partial charge in [0.1, 0.15) is 5.75 Å². The molecule has 1 aromatic carbocycles. The predicted octanol–water partition coefficient (Wildman–Crippen LogP) is 0.945. The summed E-state index contributed by atoms with van der Waals surface area (Å²) in [5, 5.41) is 9.13. The molecule has 0 saturated carbocycles. The summed E-state index contributed by atoms with van der Waals surface area (Å²) >= 11 is 0. The monoisotopic (exact) mass is 222 g/mol. The Labute approximate surface area is 95.7 Å². The second-order valence-corrected chi connectivity index (χ2v) is 4.00. The van der Waals surface area contributed by atoms with Crippen LogP contribution in [-0.2, 0) is 11.3 Å². The maximum absolute atomic E-state index is 11.7.